The average molecular weight is 298 g/mol. The van der Waals surface area contributed by atoms with E-state index in [1.54, 1.807) is 6.92 Å². The van der Waals surface area contributed by atoms with E-state index in [1.807, 2.05) is 0 Å². The van der Waals surface area contributed by atoms with Crippen LogP contribution in [0.4, 0.5) is 5.69 Å². The van der Waals surface area contributed by atoms with Crippen molar-refractivity contribution in [2.45, 2.75) is 24.7 Å². The molecule has 0 radical (unpaired) electrons. The molecule has 0 bridgehead atoms. The number of carbonyl (C=O) groups excluding carboxylic acids is 1. The number of nitro groups is 1. The number of non-ortho nitro benzene ring substituents is 1. The standard InChI is InChI=1S/C12H14N2O5S/c1-9-4-5-10(14(16)17)7-12(9)20(18,19)13-6-2-3-11(15)8-13/h4-5,7H,2-3,6,8H2,1H3. The van der Waals surface area contributed by atoms with Crippen molar-refractivity contribution in [3.63, 3.8) is 0 Å². The zero-order valence-electron chi connectivity index (χ0n) is 10.9. The van der Waals surface area contributed by atoms with E-state index in [2.05, 4.69) is 0 Å². The largest absolute Gasteiger partial charge is 0.298 e. The van der Waals surface area contributed by atoms with Gasteiger partial charge >= 0.3 is 0 Å². The Morgan fingerprint density at radius 2 is 2.05 bits per heavy atom. The smallest absolute Gasteiger partial charge is 0.270 e. The number of sulfonamides is 1. The highest BCUT2D eigenvalue weighted by Gasteiger charge is 2.31. The summed E-state index contributed by atoms with van der Waals surface area (Å²) in [5, 5.41) is 10.8. The monoisotopic (exact) mass is 298 g/mol. The lowest BCUT2D eigenvalue weighted by Crippen LogP contribution is -2.40. The fourth-order valence-corrected chi connectivity index (χ4v) is 3.84. The Morgan fingerprint density at radius 1 is 1.35 bits per heavy atom. The zero-order valence-corrected chi connectivity index (χ0v) is 11.7. The highest BCUT2D eigenvalue weighted by atomic mass is 32.2. The van der Waals surface area contributed by atoms with Gasteiger partial charge in [0.05, 0.1) is 16.4 Å². The molecule has 0 unspecified atom stereocenters. The second-order valence-electron chi connectivity index (χ2n) is 4.69. The van der Waals surface area contributed by atoms with Crippen LogP contribution in [0.1, 0.15) is 18.4 Å². The number of benzene rings is 1. The van der Waals surface area contributed by atoms with Gasteiger partial charge in [-0.2, -0.15) is 4.31 Å². The summed E-state index contributed by atoms with van der Waals surface area (Å²) in [4.78, 5) is 21.4. The lowest BCUT2D eigenvalue weighted by atomic mass is 10.1. The van der Waals surface area contributed by atoms with Gasteiger partial charge in [-0.15, -0.1) is 0 Å². The number of aryl methyl sites for hydroxylation is 1. The molecule has 7 nitrogen and oxygen atoms in total. The number of hydrogen-bond acceptors (Lipinski definition) is 5. The van der Waals surface area contributed by atoms with Crippen LogP contribution in [-0.2, 0) is 14.8 Å². The highest BCUT2D eigenvalue weighted by molar-refractivity contribution is 7.89. The van der Waals surface area contributed by atoms with Gasteiger partial charge in [-0.1, -0.05) is 6.07 Å². The molecule has 1 fully saturated rings. The second-order valence-corrected chi connectivity index (χ2v) is 6.59. The maximum absolute atomic E-state index is 12.5. The Bertz CT molecular complexity index is 668. The number of hydrogen-bond donors (Lipinski definition) is 0. The third-order valence-electron chi connectivity index (χ3n) is 3.22. The number of nitrogens with zero attached hydrogens (tertiary/aromatic N) is 2. The van der Waals surface area contributed by atoms with E-state index in [4.69, 9.17) is 0 Å². The minimum absolute atomic E-state index is 0.110. The fraction of sp³-hybridized carbons (Fsp3) is 0.417. The van der Waals surface area contributed by atoms with E-state index >= 15 is 0 Å². The Balaban J connectivity index is 2.45. The predicted octanol–water partition coefficient (Wildman–Crippen LogP) is 1.26. The lowest BCUT2D eigenvalue weighted by molar-refractivity contribution is -0.385. The van der Waals surface area contributed by atoms with Crippen molar-refractivity contribution in [1.82, 2.24) is 4.31 Å². The van der Waals surface area contributed by atoms with Gasteiger partial charge in [0.1, 0.15) is 5.78 Å². The van der Waals surface area contributed by atoms with Crippen LogP contribution >= 0.6 is 0 Å². The minimum Gasteiger partial charge on any atom is -0.298 e. The number of Topliss-reactive ketones (excluding diaryl/α,β-unsaturated/α-hetero) is 1. The molecule has 0 aromatic heterocycles. The van der Waals surface area contributed by atoms with Crippen LogP contribution in [-0.4, -0.2) is 36.5 Å². The Hall–Kier alpha value is -1.80. The van der Waals surface area contributed by atoms with Crippen molar-refractivity contribution < 1.29 is 18.1 Å². The molecule has 108 valence electrons. The molecule has 0 N–H and O–H groups in total. The molecular weight excluding hydrogens is 284 g/mol. The minimum atomic E-state index is -3.87. The summed E-state index contributed by atoms with van der Waals surface area (Å²) >= 11 is 0. The van der Waals surface area contributed by atoms with Crippen molar-refractivity contribution in [1.29, 1.82) is 0 Å². The fourth-order valence-electron chi connectivity index (χ4n) is 2.13. The van der Waals surface area contributed by atoms with Gasteiger partial charge in [0, 0.05) is 25.1 Å². The molecule has 20 heavy (non-hydrogen) atoms. The molecule has 0 saturated carbocycles. The number of rotatable bonds is 3. The van der Waals surface area contributed by atoms with E-state index in [-0.39, 0.29) is 29.5 Å². The van der Waals surface area contributed by atoms with Crippen LogP contribution in [0.25, 0.3) is 0 Å². The highest BCUT2D eigenvalue weighted by Crippen LogP contribution is 2.26. The number of ketones is 1. The molecule has 8 heteroatoms. The van der Waals surface area contributed by atoms with E-state index in [0.29, 0.717) is 18.4 Å². The quantitative estimate of drug-likeness (QED) is 0.618. The molecule has 1 aromatic rings. The molecule has 1 aromatic carbocycles. The first-order valence-electron chi connectivity index (χ1n) is 6.09. The van der Waals surface area contributed by atoms with Gasteiger partial charge in [0.15, 0.2) is 0 Å². The number of carbonyl (C=O) groups is 1. The predicted molar refractivity (Wildman–Crippen MR) is 70.8 cm³/mol. The van der Waals surface area contributed by atoms with Crippen LogP contribution in [0.2, 0.25) is 0 Å². The molecule has 0 atom stereocenters. The molecule has 1 aliphatic heterocycles. The first kappa shape index (κ1) is 14.6. The Labute approximate surface area is 116 Å². The Kier molecular flexibility index (Phi) is 3.87. The van der Waals surface area contributed by atoms with Crippen LogP contribution in [0.15, 0.2) is 23.1 Å². The summed E-state index contributed by atoms with van der Waals surface area (Å²) in [5.41, 5.74) is 0.145. The summed E-state index contributed by atoms with van der Waals surface area (Å²) in [5.74, 6) is -0.136. The molecule has 1 heterocycles. The maximum atomic E-state index is 12.5. The van der Waals surface area contributed by atoms with Crippen LogP contribution in [0, 0.1) is 17.0 Å². The van der Waals surface area contributed by atoms with Crippen molar-refractivity contribution >= 4 is 21.5 Å². The SMILES string of the molecule is Cc1ccc([N+](=O)[O-])cc1S(=O)(=O)N1CCCC(=O)C1. The summed E-state index contributed by atoms with van der Waals surface area (Å²) in [6.07, 6.45) is 0.853. The van der Waals surface area contributed by atoms with Gasteiger partial charge < -0.3 is 0 Å². The van der Waals surface area contributed by atoms with Crippen molar-refractivity contribution in [2.75, 3.05) is 13.1 Å². The van der Waals surface area contributed by atoms with Gasteiger partial charge in [-0.3, -0.25) is 14.9 Å². The molecule has 1 saturated heterocycles. The van der Waals surface area contributed by atoms with Crippen LogP contribution in [0.3, 0.4) is 0 Å². The van der Waals surface area contributed by atoms with Crippen molar-refractivity contribution in [3.8, 4) is 0 Å². The normalized spacial score (nSPS) is 17.1. The van der Waals surface area contributed by atoms with E-state index in [1.165, 1.54) is 12.1 Å². The Morgan fingerprint density at radius 3 is 2.65 bits per heavy atom. The maximum Gasteiger partial charge on any atom is 0.270 e. The summed E-state index contributed by atoms with van der Waals surface area (Å²) < 4.78 is 26.0. The molecular formula is C12H14N2O5S. The second kappa shape index (κ2) is 5.29. The third-order valence-corrected chi connectivity index (χ3v) is 5.20. The molecule has 0 aliphatic carbocycles. The summed E-state index contributed by atoms with van der Waals surface area (Å²) in [6.45, 7) is 1.67. The average Bonchev–Trinajstić information content (AvgIpc) is 2.38. The van der Waals surface area contributed by atoms with Crippen LogP contribution in [0.5, 0.6) is 0 Å². The van der Waals surface area contributed by atoms with E-state index < -0.39 is 14.9 Å². The van der Waals surface area contributed by atoms with Gasteiger partial charge in [-0.05, 0) is 18.9 Å². The number of nitro benzene ring substituents is 1. The summed E-state index contributed by atoms with van der Waals surface area (Å²) in [7, 11) is -3.87. The number of piperidine rings is 1. The van der Waals surface area contributed by atoms with Crippen molar-refractivity contribution in [2.24, 2.45) is 0 Å². The summed E-state index contributed by atoms with van der Waals surface area (Å²) in [6, 6.07) is 3.70. The van der Waals surface area contributed by atoms with E-state index in [0.717, 1.165) is 10.4 Å². The van der Waals surface area contributed by atoms with E-state index in [9.17, 15) is 23.3 Å². The zero-order chi connectivity index (χ0) is 14.9. The first-order valence-corrected chi connectivity index (χ1v) is 7.53. The third kappa shape index (κ3) is 2.70. The lowest BCUT2D eigenvalue weighted by Gasteiger charge is -2.25. The molecule has 1 aliphatic rings. The molecule has 0 spiro atoms. The van der Waals surface area contributed by atoms with Crippen molar-refractivity contribution in [3.05, 3.63) is 33.9 Å². The van der Waals surface area contributed by atoms with Gasteiger partial charge in [0.2, 0.25) is 10.0 Å². The van der Waals surface area contributed by atoms with Gasteiger partial charge in [-0.25, -0.2) is 8.42 Å². The van der Waals surface area contributed by atoms with Crippen LogP contribution < -0.4 is 0 Å². The molecule has 0 amide bonds. The molecule has 2 rings (SSSR count). The van der Waals surface area contributed by atoms with Gasteiger partial charge in [0.25, 0.3) is 5.69 Å². The first-order chi connectivity index (χ1) is 9.32. The topological polar surface area (TPSA) is 97.6 Å².